The molecule has 2 rings (SSSR count). The maximum Gasteiger partial charge on any atom is 0.312 e. The summed E-state index contributed by atoms with van der Waals surface area (Å²) in [6.45, 7) is 2.98. The summed E-state index contributed by atoms with van der Waals surface area (Å²) in [4.78, 5) is 22.6. The number of nitrogens with one attached hydrogen (secondary N) is 2. The molecule has 0 spiro atoms. The number of carbonyl (C=O) groups excluding carboxylic acids is 2. The number of nitrogens with zero attached hydrogens (tertiary/aromatic N) is 2. The molecule has 1 aromatic heterocycles. The Morgan fingerprint density at radius 3 is 2.67 bits per heavy atom. The van der Waals surface area contributed by atoms with Gasteiger partial charge in [-0.3, -0.25) is 4.79 Å². The van der Waals surface area contributed by atoms with E-state index in [1.54, 1.807) is 4.68 Å². The molecule has 3 amide bonds. The van der Waals surface area contributed by atoms with Crippen LogP contribution in [0.1, 0.15) is 30.5 Å². The molecule has 0 aliphatic carbocycles. The number of urea groups is 1. The number of nitrogens with two attached hydrogens (primary N) is 1. The molecular weight excluding hydrogens is 306 g/mol. The fourth-order valence-electron chi connectivity index (χ4n) is 2.35. The minimum Gasteiger partial charge on any atom is -0.352 e. The standard InChI is InChI=1S/C17H23N5O2/c1-13-11-15(20-16(23)9-5-6-10-19-17(18)24)22(21-13)12-14-7-3-2-4-8-14/h2-4,7-8,11H,5-6,9-10,12H2,1H3,(H,20,23)(H3,18,19,24). The van der Waals surface area contributed by atoms with Crippen LogP contribution in [0.25, 0.3) is 0 Å². The van der Waals surface area contributed by atoms with E-state index in [0.717, 1.165) is 11.3 Å². The topological polar surface area (TPSA) is 102 Å². The fourth-order valence-corrected chi connectivity index (χ4v) is 2.35. The minimum atomic E-state index is -0.542. The fraction of sp³-hybridized carbons (Fsp3) is 0.353. The van der Waals surface area contributed by atoms with E-state index in [9.17, 15) is 9.59 Å². The molecule has 0 saturated carbocycles. The van der Waals surface area contributed by atoms with Crippen molar-refractivity contribution in [2.24, 2.45) is 5.73 Å². The van der Waals surface area contributed by atoms with Crippen molar-refractivity contribution < 1.29 is 9.59 Å². The molecule has 1 heterocycles. The first-order valence-electron chi connectivity index (χ1n) is 7.96. The van der Waals surface area contributed by atoms with Crippen molar-refractivity contribution in [2.45, 2.75) is 32.7 Å². The van der Waals surface area contributed by atoms with Crippen molar-refractivity contribution in [3.8, 4) is 0 Å². The van der Waals surface area contributed by atoms with Gasteiger partial charge in [0.05, 0.1) is 12.2 Å². The van der Waals surface area contributed by atoms with Gasteiger partial charge in [0.15, 0.2) is 0 Å². The van der Waals surface area contributed by atoms with E-state index in [2.05, 4.69) is 15.7 Å². The summed E-state index contributed by atoms with van der Waals surface area (Å²) in [6.07, 6.45) is 1.77. The second kappa shape index (κ2) is 8.71. The molecule has 2 aromatic rings. The van der Waals surface area contributed by atoms with Crippen LogP contribution in [0.5, 0.6) is 0 Å². The molecule has 0 aliphatic heterocycles. The van der Waals surface area contributed by atoms with Crippen LogP contribution in [0.15, 0.2) is 36.4 Å². The molecule has 0 radical (unpaired) electrons. The Hall–Kier alpha value is -2.83. The lowest BCUT2D eigenvalue weighted by atomic mass is 10.2. The number of hydrogen-bond donors (Lipinski definition) is 3. The molecule has 0 aliphatic rings. The Balaban J connectivity index is 1.85. The van der Waals surface area contributed by atoms with Crippen molar-refractivity contribution in [2.75, 3.05) is 11.9 Å². The van der Waals surface area contributed by atoms with Gasteiger partial charge in [0.25, 0.3) is 0 Å². The van der Waals surface area contributed by atoms with Crippen LogP contribution < -0.4 is 16.4 Å². The van der Waals surface area contributed by atoms with E-state index in [-0.39, 0.29) is 5.91 Å². The summed E-state index contributed by atoms with van der Waals surface area (Å²) in [7, 11) is 0. The normalized spacial score (nSPS) is 10.4. The number of aryl methyl sites for hydroxylation is 1. The van der Waals surface area contributed by atoms with E-state index in [0.29, 0.717) is 38.2 Å². The van der Waals surface area contributed by atoms with Gasteiger partial charge in [-0.2, -0.15) is 5.10 Å². The highest BCUT2D eigenvalue weighted by molar-refractivity contribution is 5.89. The molecule has 128 valence electrons. The van der Waals surface area contributed by atoms with E-state index in [1.807, 2.05) is 43.3 Å². The summed E-state index contributed by atoms with van der Waals surface area (Å²) in [6, 6.07) is 11.3. The van der Waals surface area contributed by atoms with Crippen LogP contribution in [-0.4, -0.2) is 28.3 Å². The van der Waals surface area contributed by atoms with Crippen LogP contribution in [0.4, 0.5) is 10.6 Å². The van der Waals surface area contributed by atoms with E-state index in [4.69, 9.17) is 5.73 Å². The molecule has 4 N–H and O–H groups in total. The smallest absolute Gasteiger partial charge is 0.312 e. The second-order valence-corrected chi connectivity index (χ2v) is 5.61. The SMILES string of the molecule is Cc1cc(NC(=O)CCCCNC(N)=O)n(Cc2ccccc2)n1. The number of unbranched alkanes of at least 4 members (excludes halogenated alkanes) is 1. The van der Waals surface area contributed by atoms with E-state index in [1.165, 1.54) is 0 Å². The van der Waals surface area contributed by atoms with E-state index < -0.39 is 6.03 Å². The number of benzene rings is 1. The van der Waals surface area contributed by atoms with Crippen LogP contribution >= 0.6 is 0 Å². The van der Waals surface area contributed by atoms with Gasteiger partial charge >= 0.3 is 6.03 Å². The monoisotopic (exact) mass is 329 g/mol. The molecule has 24 heavy (non-hydrogen) atoms. The first kappa shape index (κ1) is 17.5. The Bertz CT molecular complexity index is 682. The van der Waals surface area contributed by atoms with Crippen LogP contribution in [0, 0.1) is 6.92 Å². The molecule has 7 nitrogen and oxygen atoms in total. The number of anilines is 1. The van der Waals surface area contributed by atoms with Crippen molar-refractivity contribution in [1.29, 1.82) is 0 Å². The number of primary amides is 1. The third kappa shape index (κ3) is 5.75. The van der Waals surface area contributed by atoms with Crippen molar-refractivity contribution in [3.05, 3.63) is 47.7 Å². The number of hydrogen-bond acceptors (Lipinski definition) is 3. The Morgan fingerprint density at radius 2 is 1.96 bits per heavy atom. The quantitative estimate of drug-likeness (QED) is 0.646. The highest BCUT2D eigenvalue weighted by atomic mass is 16.2. The maximum atomic E-state index is 12.1. The lowest BCUT2D eigenvalue weighted by molar-refractivity contribution is -0.116. The zero-order chi connectivity index (χ0) is 17.4. The largest absolute Gasteiger partial charge is 0.352 e. The molecular formula is C17H23N5O2. The van der Waals surface area contributed by atoms with Gasteiger partial charge < -0.3 is 16.4 Å². The van der Waals surface area contributed by atoms with Gasteiger partial charge in [0.2, 0.25) is 5.91 Å². The van der Waals surface area contributed by atoms with E-state index >= 15 is 0 Å². The molecule has 7 heteroatoms. The van der Waals surface area contributed by atoms with Crippen molar-refractivity contribution in [3.63, 3.8) is 0 Å². The van der Waals surface area contributed by atoms with Crippen LogP contribution in [-0.2, 0) is 11.3 Å². The van der Waals surface area contributed by atoms with Crippen molar-refractivity contribution in [1.82, 2.24) is 15.1 Å². The second-order valence-electron chi connectivity index (χ2n) is 5.61. The Labute approximate surface area is 141 Å². The lowest BCUT2D eigenvalue weighted by Gasteiger charge is -2.09. The lowest BCUT2D eigenvalue weighted by Crippen LogP contribution is -2.30. The molecule has 0 unspecified atom stereocenters. The number of rotatable bonds is 8. The maximum absolute atomic E-state index is 12.1. The Morgan fingerprint density at radius 1 is 1.21 bits per heavy atom. The Kier molecular flexibility index (Phi) is 6.36. The van der Waals surface area contributed by atoms with Crippen LogP contribution in [0.3, 0.4) is 0 Å². The first-order chi connectivity index (χ1) is 11.5. The average Bonchev–Trinajstić information content (AvgIpc) is 2.87. The van der Waals surface area contributed by atoms with Gasteiger partial charge in [-0.05, 0) is 25.3 Å². The highest BCUT2D eigenvalue weighted by Gasteiger charge is 2.09. The average molecular weight is 329 g/mol. The number of carbonyl (C=O) groups is 2. The summed E-state index contributed by atoms with van der Waals surface area (Å²) in [5, 5.41) is 9.83. The molecule has 0 fully saturated rings. The van der Waals surface area contributed by atoms with Gasteiger partial charge in [-0.15, -0.1) is 0 Å². The predicted molar refractivity (Wildman–Crippen MR) is 92.6 cm³/mol. The molecule has 0 bridgehead atoms. The number of aromatic nitrogens is 2. The number of amides is 3. The van der Waals surface area contributed by atoms with Gasteiger partial charge in [-0.1, -0.05) is 30.3 Å². The highest BCUT2D eigenvalue weighted by Crippen LogP contribution is 2.13. The third-order valence-corrected chi connectivity index (χ3v) is 3.47. The van der Waals surface area contributed by atoms with Gasteiger partial charge in [0, 0.05) is 19.0 Å². The summed E-state index contributed by atoms with van der Waals surface area (Å²) < 4.78 is 1.79. The molecule has 0 atom stereocenters. The third-order valence-electron chi connectivity index (χ3n) is 3.47. The summed E-state index contributed by atoms with van der Waals surface area (Å²) in [5.74, 6) is 0.625. The van der Waals surface area contributed by atoms with Gasteiger partial charge in [0.1, 0.15) is 5.82 Å². The van der Waals surface area contributed by atoms with Crippen molar-refractivity contribution >= 4 is 17.8 Å². The minimum absolute atomic E-state index is 0.0664. The molecule has 1 aromatic carbocycles. The zero-order valence-corrected chi connectivity index (χ0v) is 13.8. The summed E-state index contributed by atoms with van der Waals surface area (Å²) in [5.41, 5.74) is 6.95. The zero-order valence-electron chi connectivity index (χ0n) is 13.8. The van der Waals surface area contributed by atoms with Gasteiger partial charge in [-0.25, -0.2) is 9.48 Å². The van der Waals surface area contributed by atoms with Crippen LogP contribution in [0.2, 0.25) is 0 Å². The summed E-state index contributed by atoms with van der Waals surface area (Å²) >= 11 is 0. The predicted octanol–water partition coefficient (Wildman–Crippen LogP) is 2.02. The molecule has 0 saturated heterocycles. The first-order valence-corrected chi connectivity index (χ1v) is 7.96.